The molecule has 0 unspecified atom stereocenters. The van der Waals surface area contributed by atoms with Crippen LogP contribution in [0.1, 0.15) is 5.56 Å². The van der Waals surface area contributed by atoms with E-state index in [9.17, 15) is 9.59 Å². The molecule has 0 saturated carbocycles. The van der Waals surface area contributed by atoms with Crippen molar-refractivity contribution in [3.8, 4) is 5.69 Å². The summed E-state index contributed by atoms with van der Waals surface area (Å²) in [6, 6.07) is 22.5. The zero-order chi connectivity index (χ0) is 21.1. The normalized spacial score (nSPS) is 10.9. The van der Waals surface area contributed by atoms with Gasteiger partial charge < -0.3 is 5.32 Å². The fraction of sp³-hybridized carbons (Fsp3) is 0.0870. The third-order valence-electron chi connectivity index (χ3n) is 4.54. The van der Waals surface area contributed by atoms with Crippen LogP contribution in [0.15, 0.2) is 82.7 Å². The van der Waals surface area contributed by atoms with Crippen molar-refractivity contribution < 1.29 is 4.79 Å². The van der Waals surface area contributed by atoms with Crippen molar-refractivity contribution in [3.05, 3.63) is 92.3 Å². The molecule has 1 aromatic heterocycles. The molecular weight excluding hydrogens is 509 g/mol. The Balaban J connectivity index is 1.69. The van der Waals surface area contributed by atoms with Gasteiger partial charge in [0.25, 0.3) is 5.56 Å². The molecular formula is C23H18IN3O2S. The second-order valence-corrected chi connectivity index (χ2v) is 8.87. The maximum atomic E-state index is 13.3. The fourth-order valence-electron chi connectivity index (χ4n) is 3.13. The molecule has 3 aromatic carbocycles. The van der Waals surface area contributed by atoms with Crippen molar-refractivity contribution in [1.29, 1.82) is 0 Å². The standard InChI is InChI=1S/C23H18IN3O2S/c1-15-7-2-5-12-20(15)27-22(29)18-10-3-4-11-19(18)26-23(27)30-14-21(28)25-17-9-6-8-16(24)13-17/h2-13H,14H2,1H3,(H,25,28). The Hall–Kier alpha value is -2.65. The van der Waals surface area contributed by atoms with Crippen LogP contribution in [0.4, 0.5) is 5.69 Å². The Morgan fingerprint density at radius 2 is 1.83 bits per heavy atom. The zero-order valence-corrected chi connectivity index (χ0v) is 19.1. The molecule has 0 atom stereocenters. The minimum absolute atomic E-state index is 0.141. The lowest BCUT2D eigenvalue weighted by atomic mass is 10.2. The first-order chi connectivity index (χ1) is 14.5. The van der Waals surface area contributed by atoms with E-state index >= 15 is 0 Å². The van der Waals surface area contributed by atoms with Crippen molar-refractivity contribution in [2.75, 3.05) is 11.1 Å². The van der Waals surface area contributed by atoms with Crippen LogP contribution >= 0.6 is 34.4 Å². The number of nitrogens with zero attached hydrogens (tertiary/aromatic N) is 2. The average molecular weight is 527 g/mol. The lowest BCUT2D eigenvalue weighted by Crippen LogP contribution is -2.23. The number of carbonyl (C=O) groups excluding carboxylic acids is 1. The van der Waals surface area contributed by atoms with Crippen LogP contribution in [0.3, 0.4) is 0 Å². The quantitative estimate of drug-likeness (QED) is 0.225. The second-order valence-electron chi connectivity index (χ2n) is 6.69. The third kappa shape index (κ3) is 4.41. The van der Waals surface area contributed by atoms with E-state index in [2.05, 4.69) is 27.9 Å². The number of fused-ring (bicyclic) bond motifs is 1. The summed E-state index contributed by atoms with van der Waals surface area (Å²) in [4.78, 5) is 30.5. The highest BCUT2D eigenvalue weighted by Gasteiger charge is 2.16. The van der Waals surface area contributed by atoms with Gasteiger partial charge in [-0.3, -0.25) is 14.2 Å². The SMILES string of the molecule is Cc1ccccc1-n1c(SCC(=O)Nc2cccc(I)c2)nc2ccccc2c1=O. The van der Waals surface area contributed by atoms with Crippen LogP contribution < -0.4 is 10.9 Å². The summed E-state index contributed by atoms with van der Waals surface area (Å²) in [6.07, 6.45) is 0. The van der Waals surface area contributed by atoms with Gasteiger partial charge in [-0.2, -0.15) is 0 Å². The van der Waals surface area contributed by atoms with Crippen LogP contribution in [-0.2, 0) is 4.79 Å². The summed E-state index contributed by atoms with van der Waals surface area (Å²) in [5.41, 5.74) is 2.95. The van der Waals surface area contributed by atoms with Crippen molar-refractivity contribution >= 4 is 56.9 Å². The molecule has 0 spiro atoms. The highest BCUT2D eigenvalue weighted by atomic mass is 127. The number of hydrogen-bond acceptors (Lipinski definition) is 4. The molecule has 7 heteroatoms. The number of carbonyl (C=O) groups is 1. The second kappa shape index (κ2) is 9.01. The molecule has 1 heterocycles. The van der Waals surface area contributed by atoms with E-state index < -0.39 is 0 Å². The number of nitrogens with one attached hydrogen (secondary N) is 1. The highest BCUT2D eigenvalue weighted by Crippen LogP contribution is 2.23. The number of aromatic nitrogens is 2. The van der Waals surface area contributed by atoms with Gasteiger partial charge in [0.2, 0.25) is 5.91 Å². The zero-order valence-electron chi connectivity index (χ0n) is 16.1. The van der Waals surface area contributed by atoms with E-state index in [0.717, 1.165) is 20.5 Å². The summed E-state index contributed by atoms with van der Waals surface area (Å²) < 4.78 is 2.64. The van der Waals surface area contributed by atoms with E-state index in [1.807, 2.05) is 73.7 Å². The van der Waals surface area contributed by atoms with Gasteiger partial charge in [0, 0.05) is 9.26 Å². The summed E-state index contributed by atoms with van der Waals surface area (Å²) >= 11 is 3.45. The molecule has 0 bridgehead atoms. The lowest BCUT2D eigenvalue weighted by Gasteiger charge is -2.15. The van der Waals surface area contributed by atoms with Crippen molar-refractivity contribution in [2.24, 2.45) is 0 Å². The number of rotatable bonds is 5. The minimum Gasteiger partial charge on any atom is -0.325 e. The van der Waals surface area contributed by atoms with E-state index in [1.54, 1.807) is 10.6 Å². The summed E-state index contributed by atoms with van der Waals surface area (Å²) in [6.45, 7) is 1.95. The Labute approximate surface area is 191 Å². The van der Waals surface area contributed by atoms with Crippen LogP contribution in [0.2, 0.25) is 0 Å². The van der Waals surface area contributed by atoms with Gasteiger partial charge in [0.1, 0.15) is 0 Å². The molecule has 30 heavy (non-hydrogen) atoms. The third-order valence-corrected chi connectivity index (χ3v) is 6.15. The number of anilines is 1. The number of para-hydroxylation sites is 2. The Kier molecular flexibility index (Phi) is 6.19. The van der Waals surface area contributed by atoms with Gasteiger partial charge in [-0.15, -0.1) is 0 Å². The molecule has 0 radical (unpaired) electrons. The fourth-order valence-corrected chi connectivity index (χ4v) is 4.48. The predicted octanol–water partition coefficient (Wildman–Crippen LogP) is 5.03. The maximum Gasteiger partial charge on any atom is 0.266 e. The summed E-state index contributed by atoms with van der Waals surface area (Å²) in [7, 11) is 0. The number of halogens is 1. The largest absolute Gasteiger partial charge is 0.325 e. The molecule has 150 valence electrons. The predicted molar refractivity (Wildman–Crippen MR) is 131 cm³/mol. The maximum absolute atomic E-state index is 13.3. The molecule has 0 saturated heterocycles. The molecule has 0 aliphatic rings. The van der Waals surface area contributed by atoms with Gasteiger partial charge in [0.05, 0.1) is 22.3 Å². The first kappa shape index (κ1) is 20.6. The smallest absolute Gasteiger partial charge is 0.266 e. The Morgan fingerprint density at radius 3 is 2.63 bits per heavy atom. The van der Waals surface area contributed by atoms with E-state index in [0.29, 0.717) is 16.1 Å². The Bertz CT molecular complexity index is 1300. The number of amides is 1. The molecule has 0 fully saturated rings. The number of thioether (sulfide) groups is 1. The molecule has 4 aromatic rings. The van der Waals surface area contributed by atoms with E-state index in [1.165, 1.54) is 11.8 Å². The minimum atomic E-state index is -0.152. The van der Waals surface area contributed by atoms with Crippen molar-refractivity contribution in [3.63, 3.8) is 0 Å². The molecule has 5 nitrogen and oxygen atoms in total. The monoisotopic (exact) mass is 527 g/mol. The summed E-state index contributed by atoms with van der Waals surface area (Å²) in [5.74, 6) is -0.0111. The molecule has 4 rings (SSSR count). The van der Waals surface area contributed by atoms with Gasteiger partial charge in [-0.05, 0) is 71.5 Å². The first-order valence-corrected chi connectivity index (χ1v) is 11.4. The van der Waals surface area contributed by atoms with Crippen molar-refractivity contribution in [2.45, 2.75) is 12.1 Å². The van der Waals surface area contributed by atoms with Crippen LogP contribution in [0.5, 0.6) is 0 Å². The lowest BCUT2D eigenvalue weighted by molar-refractivity contribution is -0.113. The molecule has 1 amide bonds. The average Bonchev–Trinajstić information content (AvgIpc) is 2.73. The number of hydrogen-bond donors (Lipinski definition) is 1. The molecule has 0 aliphatic carbocycles. The highest BCUT2D eigenvalue weighted by molar-refractivity contribution is 14.1. The van der Waals surface area contributed by atoms with Crippen LogP contribution in [0, 0.1) is 10.5 Å². The van der Waals surface area contributed by atoms with E-state index in [4.69, 9.17) is 4.98 Å². The topological polar surface area (TPSA) is 64.0 Å². The first-order valence-electron chi connectivity index (χ1n) is 9.29. The van der Waals surface area contributed by atoms with Gasteiger partial charge >= 0.3 is 0 Å². The number of benzene rings is 3. The van der Waals surface area contributed by atoms with Gasteiger partial charge in [-0.25, -0.2) is 4.98 Å². The molecule has 1 N–H and O–H groups in total. The van der Waals surface area contributed by atoms with Crippen molar-refractivity contribution in [1.82, 2.24) is 9.55 Å². The Morgan fingerprint density at radius 1 is 1.07 bits per heavy atom. The van der Waals surface area contributed by atoms with Gasteiger partial charge in [-0.1, -0.05) is 48.2 Å². The van der Waals surface area contributed by atoms with Crippen LogP contribution in [0.25, 0.3) is 16.6 Å². The van der Waals surface area contributed by atoms with Crippen LogP contribution in [-0.4, -0.2) is 21.2 Å². The molecule has 0 aliphatic heterocycles. The van der Waals surface area contributed by atoms with E-state index in [-0.39, 0.29) is 17.2 Å². The summed E-state index contributed by atoms with van der Waals surface area (Å²) in [5, 5.41) is 3.94. The number of aryl methyl sites for hydroxylation is 1. The van der Waals surface area contributed by atoms with Gasteiger partial charge in [0.15, 0.2) is 5.16 Å².